The summed E-state index contributed by atoms with van der Waals surface area (Å²) in [6, 6.07) is 13.1. The van der Waals surface area contributed by atoms with Crippen LogP contribution in [0.5, 0.6) is 17.2 Å². The lowest BCUT2D eigenvalue weighted by Crippen LogP contribution is -2.29. The molecule has 0 radical (unpaired) electrons. The number of nitrogens with one attached hydrogen (secondary N) is 1. The van der Waals surface area contributed by atoms with E-state index in [2.05, 4.69) is 5.32 Å². The van der Waals surface area contributed by atoms with Gasteiger partial charge in [-0.1, -0.05) is 0 Å². The molecule has 7 nitrogen and oxygen atoms in total. The van der Waals surface area contributed by atoms with Gasteiger partial charge in [-0.15, -0.1) is 11.3 Å². The van der Waals surface area contributed by atoms with Gasteiger partial charge >= 0.3 is 0 Å². The number of thiazole rings is 1. The Labute approximate surface area is 186 Å². The fourth-order valence-corrected chi connectivity index (χ4v) is 3.85. The van der Waals surface area contributed by atoms with Gasteiger partial charge < -0.3 is 19.5 Å². The Hall–Kier alpha value is -3.10. The Bertz CT molecular complexity index is 1000. The molecule has 3 rings (SSSR count). The molecule has 1 aromatic heterocycles. The van der Waals surface area contributed by atoms with Crippen LogP contribution in [-0.4, -0.2) is 50.2 Å². The van der Waals surface area contributed by atoms with Crippen molar-refractivity contribution in [2.75, 3.05) is 39.7 Å². The van der Waals surface area contributed by atoms with Crippen molar-refractivity contribution in [1.29, 1.82) is 0 Å². The second-order valence-electron chi connectivity index (χ2n) is 6.89. The van der Waals surface area contributed by atoms with E-state index in [9.17, 15) is 4.79 Å². The molecule has 0 saturated heterocycles. The van der Waals surface area contributed by atoms with Crippen LogP contribution in [0.3, 0.4) is 0 Å². The van der Waals surface area contributed by atoms with Crippen LogP contribution < -0.4 is 19.5 Å². The van der Waals surface area contributed by atoms with Crippen LogP contribution in [0.1, 0.15) is 12.6 Å². The van der Waals surface area contributed by atoms with Crippen molar-refractivity contribution in [3.05, 3.63) is 53.5 Å². The molecule has 3 aromatic rings. The summed E-state index contributed by atoms with van der Waals surface area (Å²) in [5.74, 6) is 2.07. The fourth-order valence-electron chi connectivity index (χ4n) is 3.04. The summed E-state index contributed by atoms with van der Waals surface area (Å²) in [5.41, 5.74) is 2.61. The Kier molecular flexibility index (Phi) is 7.86. The molecule has 1 N–H and O–H groups in total. The van der Waals surface area contributed by atoms with E-state index in [1.807, 2.05) is 66.7 Å². The predicted molar refractivity (Wildman–Crippen MR) is 123 cm³/mol. The number of anilines is 1. The summed E-state index contributed by atoms with van der Waals surface area (Å²) in [7, 11) is 5.13. The number of hydrogen-bond acceptors (Lipinski definition) is 7. The Balaban J connectivity index is 1.58. The van der Waals surface area contributed by atoms with Crippen LogP contribution >= 0.6 is 11.3 Å². The molecule has 0 saturated carbocycles. The largest absolute Gasteiger partial charge is 0.497 e. The molecular formula is C23H27N3O4S. The van der Waals surface area contributed by atoms with Crippen molar-refractivity contribution >= 4 is 22.9 Å². The fraction of sp³-hybridized carbons (Fsp3) is 0.304. The van der Waals surface area contributed by atoms with Crippen LogP contribution in [0.4, 0.5) is 5.69 Å². The molecule has 0 bridgehead atoms. The first kappa shape index (κ1) is 22.6. The summed E-state index contributed by atoms with van der Waals surface area (Å²) >= 11 is 1.56. The van der Waals surface area contributed by atoms with Crippen LogP contribution in [-0.2, 0) is 11.3 Å². The molecule has 0 unspecified atom stereocenters. The summed E-state index contributed by atoms with van der Waals surface area (Å²) in [4.78, 5) is 19.0. The van der Waals surface area contributed by atoms with Crippen molar-refractivity contribution in [2.45, 2.75) is 13.5 Å². The highest BCUT2D eigenvalue weighted by Crippen LogP contribution is 2.33. The first-order chi connectivity index (χ1) is 15.0. The Morgan fingerprint density at radius 1 is 1.10 bits per heavy atom. The van der Waals surface area contributed by atoms with Gasteiger partial charge in [-0.05, 0) is 56.4 Å². The summed E-state index contributed by atoms with van der Waals surface area (Å²) in [6.45, 7) is 3.35. The maximum absolute atomic E-state index is 12.3. The number of methoxy groups -OCH3 is 2. The number of carbonyl (C=O) groups is 1. The lowest BCUT2D eigenvalue weighted by atomic mass is 10.2. The number of ether oxygens (including phenoxy) is 3. The molecule has 31 heavy (non-hydrogen) atoms. The number of amides is 1. The van der Waals surface area contributed by atoms with E-state index in [0.717, 1.165) is 27.7 Å². The topological polar surface area (TPSA) is 72.9 Å². The zero-order valence-corrected chi connectivity index (χ0v) is 19.0. The van der Waals surface area contributed by atoms with Crippen LogP contribution in [0.15, 0.2) is 47.8 Å². The van der Waals surface area contributed by atoms with E-state index < -0.39 is 0 Å². The molecular weight excluding hydrogens is 414 g/mol. The van der Waals surface area contributed by atoms with Gasteiger partial charge in [-0.2, -0.15) is 0 Å². The predicted octanol–water partition coefficient (Wildman–Crippen LogP) is 4.30. The minimum atomic E-state index is -0.0839. The smallest absolute Gasteiger partial charge is 0.238 e. The van der Waals surface area contributed by atoms with Crippen molar-refractivity contribution in [3.8, 4) is 27.8 Å². The van der Waals surface area contributed by atoms with E-state index >= 15 is 0 Å². The summed E-state index contributed by atoms with van der Waals surface area (Å²) in [6.07, 6.45) is 0. The maximum atomic E-state index is 12.3. The van der Waals surface area contributed by atoms with Gasteiger partial charge in [0, 0.05) is 23.2 Å². The molecule has 8 heteroatoms. The normalized spacial score (nSPS) is 10.7. The van der Waals surface area contributed by atoms with Gasteiger partial charge in [0.2, 0.25) is 5.91 Å². The average Bonchev–Trinajstić information content (AvgIpc) is 3.22. The van der Waals surface area contributed by atoms with E-state index in [0.29, 0.717) is 24.7 Å². The third-order valence-corrected chi connectivity index (χ3v) is 5.42. The number of nitrogens with zero attached hydrogens (tertiary/aromatic N) is 2. The molecule has 0 atom stereocenters. The highest BCUT2D eigenvalue weighted by molar-refractivity contribution is 7.13. The van der Waals surface area contributed by atoms with Gasteiger partial charge in [0.05, 0.1) is 33.1 Å². The number of benzene rings is 2. The summed E-state index contributed by atoms with van der Waals surface area (Å²) < 4.78 is 16.1. The highest BCUT2D eigenvalue weighted by atomic mass is 32.1. The minimum absolute atomic E-state index is 0.0839. The van der Waals surface area contributed by atoms with Crippen LogP contribution in [0.25, 0.3) is 10.6 Å². The molecule has 0 aliphatic rings. The molecule has 0 aliphatic heterocycles. The van der Waals surface area contributed by atoms with Crippen molar-refractivity contribution in [3.63, 3.8) is 0 Å². The van der Waals surface area contributed by atoms with Crippen LogP contribution in [0.2, 0.25) is 0 Å². The van der Waals surface area contributed by atoms with E-state index in [1.54, 1.807) is 25.6 Å². The molecule has 164 valence electrons. The van der Waals surface area contributed by atoms with E-state index in [-0.39, 0.29) is 12.5 Å². The quantitative estimate of drug-likeness (QED) is 0.506. The van der Waals surface area contributed by atoms with Crippen molar-refractivity contribution < 1.29 is 19.0 Å². The molecule has 1 amide bonds. The van der Waals surface area contributed by atoms with E-state index in [1.165, 1.54) is 0 Å². The zero-order chi connectivity index (χ0) is 22.2. The summed E-state index contributed by atoms with van der Waals surface area (Å²) in [5, 5.41) is 5.80. The maximum Gasteiger partial charge on any atom is 0.238 e. The lowest BCUT2D eigenvalue weighted by molar-refractivity contribution is -0.117. The molecule has 0 fully saturated rings. The monoisotopic (exact) mass is 441 g/mol. The number of hydrogen-bond donors (Lipinski definition) is 1. The average molecular weight is 442 g/mol. The Morgan fingerprint density at radius 3 is 2.55 bits per heavy atom. The molecule has 2 aromatic carbocycles. The third kappa shape index (κ3) is 6.19. The van der Waals surface area contributed by atoms with Gasteiger partial charge in [0.25, 0.3) is 0 Å². The second-order valence-corrected chi connectivity index (χ2v) is 7.75. The van der Waals surface area contributed by atoms with Crippen LogP contribution in [0, 0.1) is 0 Å². The van der Waals surface area contributed by atoms with Gasteiger partial charge in [-0.25, -0.2) is 4.98 Å². The number of carbonyl (C=O) groups excluding carboxylic acids is 1. The van der Waals surface area contributed by atoms with Gasteiger partial charge in [0.15, 0.2) is 11.5 Å². The molecule has 0 aliphatic carbocycles. The third-order valence-electron chi connectivity index (χ3n) is 4.48. The lowest BCUT2D eigenvalue weighted by Gasteiger charge is -2.15. The first-order valence-corrected chi connectivity index (χ1v) is 10.8. The molecule has 1 heterocycles. The van der Waals surface area contributed by atoms with Gasteiger partial charge in [-0.3, -0.25) is 9.69 Å². The number of aromatic nitrogens is 1. The highest BCUT2D eigenvalue weighted by Gasteiger charge is 2.13. The number of rotatable bonds is 10. The van der Waals surface area contributed by atoms with E-state index in [4.69, 9.17) is 19.2 Å². The SMILES string of the molecule is CCOc1ccc(-c2nc(CN(C)CC(=O)Nc3ccc(OC)cc3)cs2)cc1OC. The van der Waals surface area contributed by atoms with Crippen molar-refractivity contribution in [2.24, 2.45) is 0 Å². The minimum Gasteiger partial charge on any atom is -0.497 e. The second kappa shape index (κ2) is 10.8. The standard InChI is InChI=1S/C23H27N3O4S/c1-5-30-20-11-6-16(12-21(20)29-4)23-25-18(15-31-23)13-26(2)14-22(27)24-17-7-9-19(28-3)10-8-17/h6-12,15H,5,13-14H2,1-4H3,(H,24,27). The Morgan fingerprint density at radius 2 is 1.87 bits per heavy atom. The first-order valence-electron chi connectivity index (χ1n) is 9.90. The van der Waals surface area contributed by atoms with Crippen molar-refractivity contribution in [1.82, 2.24) is 9.88 Å². The zero-order valence-electron chi connectivity index (χ0n) is 18.2. The number of likely N-dealkylation sites (N-methyl/N-ethyl adjacent to an activating group) is 1. The van der Waals surface area contributed by atoms with Gasteiger partial charge in [0.1, 0.15) is 10.8 Å². The molecule has 0 spiro atoms.